The Morgan fingerprint density at radius 3 is 2.71 bits per heavy atom. The molecule has 1 unspecified atom stereocenters. The highest BCUT2D eigenvalue weighted by molar-refractivity contribution is 9.10. The Labute approximate surface area is 135 Å². The summed E-state index contributed by atoms with van der Waals surface area (Å²) in [7, 11) is 0. The van der Waals surface area contributed by atoms with Crippen molar-refractivity contribution < 1.29 is 14.6 Å². The third-order valence-corrected chi connectivity index (χ3v) is 3.76. The molecule has 5 heteroatoms. The zero-order chi connectivity index (χ0) is 15.8. The van der Waals surface area contributed by atoms with Crippen LogP contribution in [0, 0.1) is 5.92 Å². The quantitative estimate of drug-likeness (QED) is 0.705. The van der Waals surface area contributed by atoms with Crippen molar-refractivity contribution in [1.29, 1.82) is 0 Å². The lowest BCUT2D eigenvalue weighted by Crippen LogP contribution is -2.26. The number of hydrogen-bond acceptors (Lipinski definition) is 3. The predicted molar refractivity (Wildman–Crippen MR) is 87.6 cm³/mol. The number of nitrogens with one attached hydrogen (secondary N) is 1. The molecule has 0 amide bonds. The second-order valence-corrected chi connectivity index (χ2v) is 6.37. The molecule has 0 aromatic heterocycles. The van der Waals surface area contributed by atoms with Crippen molar-refractivity contribution in [3.63, 3.8) is 0 Å². The van der Waals surface area contributed by atoms with Gasteiger partial charge in [0.25, 0.3) is 0 Å². The van der Waals surface area contributed by atoms with E-state index in [1.54, 1.807) is 6.07 Å². The van der Waals surface area contributed by atoms with E-state index >= 15 is 0 Å². The van der Waals surface area contributed by atoms with E-state index in [9.17, 15) is 4.79 Å². The molecule has 4 nitrogen and oxygen atoms in total. The van der Waals surface area contributed by atoms with Gasteiger partial charge in [-0.3, -0.25) is 0 Å². The molecule has 21 heavy (non-hydrogen) atoms. The lowest BCUT2D eigenvalue weighted by Gasteiger charge is -2.16. The molecule has 0 heterocycles. The third kappa shape index (κ3) is 6.48. The van der Waals surface area contributed by atoms with Gasteiger partial charge in [-0.2, -0.15) is 0 Å². The molecule has 1 rings (SSSR count). The van der Waals surface area contributed by atoms with Crippen LogP contribution in [0.2, 0.25) is 0 Å². The standard InChI is InChI=1S/C16H24BrNO3/c1-4-5-15(16(19)20)21-13-6-7-14(17)12(8-13)10-18-9-11(2)3/h6-8,11,15,18H,4-5,9-10H2,1-3H3,(H,19,20). The molecule has 0 saturated carbocycles. The van der Waals surface area contributed by atoms with E-state index in [0.717, 1.165) is 29.5 Å². The molecule has 2 N–H and O–H groups in total. The molecule has 0 bridgehead atoms. The van der Waals surface area contributed by atoms with Crippen LogP contribution in [-0.4, -0.2) is 23.7 Å². The number of rotatable bonds is 9. The first-order chi connectivity index (χ1) is 9.93. The highest BCUT2D eigenvalue weighted by atomic mass is 79.9. The van der Waals surface area contributed by atoms with Gasteiger partial charge in [-0.05, 0) is 42.6 Å². The van der Waals surface area contributed by atoms with E-state index in [-0.39, 0.29) is 0 Å². The van der Waals surface area contributed by atoms with Gasteiger partial charge in [-0.15, -0.1) is 0 Å². The van der Waals surface area contributed by atoms with E-state index in [4.69, 9.17) is 9.84 Å². The van der Waals surface area contributed by atoms with E-state index in [1.807, 2.05) is 19.1 Å². The molecule has 0 aliphatic heterocycles. The second-order valence-electron chi connectivity index (χ2n) is 5.51. The van der Waals surface area contributed by atoms with Crippen molar-refractivity contribution in [3.8, 4) is 5.75 Å². The fraction of sp³-hybridized carbons (Fsp3) is 0.562. The van der Waals surface area contributed by atoms with Crippen LogP contribution in [0.1, 0.15) is 39.2 Å². The van der Waals surface area contributed by atoms with E-state index < -0.39 is 12.1 Å². The van der Waals surface area contributed by atoms with Crippen LogP contribution in [0.4, 0.5) is 0 Å². The molecule has 0 aliphatic carbocycles. The van der Waals surface area contributed by atoms with Crippen molar-refractivity contribution in [2.45, 2.75) is 46.3 Å². The highest BCUT2D eigenvalue weighted by Gasteiger charge is 2.18. The summed E-state index contributed by atoms with van der Waals surface area (Å²) in [5.74, 6) is 0.267. The predicted octanol–water partition coefficient (Wildman–Crippen LogP) is 3.83. The van der Waals surface area contributed by atoms with Gasteiger partial charge in [0.1, 0.15) is 5.75 Å². The van der Waals surface area contributed by atoms with Crippen LogP contribution in [0.5, 0.6) is 5.75 Å². The summed E-state index contributed by atoms with van der Waals surface area (Å²) in [6, 6.07) is 5.58. The molecule has 1 aromatic rings. The summed E-state index contributed by atoms with van der Waals surface area (Å²) in [5.41, 5.74) is 1.06. The third-order valence-electron chi connectivity index (χ3n) is 2.99. The molecular weight excluding hydrogens is 334 g/mol. The Balaban J connectivity index is 2.73. The first kappa shape index (κ1) is 18.0. The van der Waals surface area contributed by atoms with Gasteiger partial charge in [-0.1, -0.05) is 43.1 Å². The van der Waals surface area contributed by atoms with Crippen LogP contribution in [0.15, 0.2) is 22.7 Å². The Bertz CT molecular complexity index is 463. The smallest absolute Gasteiger partial charge is 0.344 e. The van der Waals surface area contributed by atoms with Gasteiger partial charge in [0, 0.05) is 11.0 Å². The molecule has 0 saturated heterocycles. The lowest BCUT2D eigenvalue weighted by molar-refractivity contribution is -0.145. The minimum absolute atomic E-state index is 0.506. The maximum Gasteiger partial charge on any atom is 0.344 e. The average Bonchev–Trinajstić information content (AvgIpc) is 2.41. The molecular formula is C16H24BrNO3. The lowest BCUT2D eigenvalue weighted by atomic mass is 10.1. The summed E-state index contributed by atoms with van der Waals surface area (Å²) >= 11 is 3.51. The molecule has 0 radical (unpaired) electrons. The van der Waals surface area contributed by atoms with Crippen LogP contribution in [0.25, 0.3) is 0 Å². The number of ether oxygens (including phenoxy) is 1. The number of carbonyl (C=O) groups is 1. The van der Waals surface area contributed by atoms with Crippen molar-refractivity contribution in [2.75, 3.05) is 6.54 Å². The van der Waals surface area contributed by atoms with Crippen molar-refractivity contribution in [1.82, 2.24) is 5.32 Å². The van der Waals surface area contributed by atoms with Crippen LogP contribution in [0.3, 0.4) is 0 Å². The monoisotopic (exact) mass is 357 g/mol. The number of hydrogen-bond donors (Lipinski definition) is 2. The van der Waals surface area contributed by atoms with E-state index in [1.165, 1.54) is 0 Å². The maximum absolute atomic E-state index is 11.1. The Morgan fingerprint density at radius 1 is 1.43 bits per heavy atom. The van der Waals surface area contributed by atoms with Gasteiger partial charge in [0.05, 0.1) is 0 Å². The first-order valence-electron chi connectivity index (χ1n) is 7.32. The second kappa shape index (κ2) is 9.05. The van der Waals surface area contributed by atoms with Crippen LogP contribution in [-0.2, 0) is 11.3 Å². The van der Waals surface area contributed by atoms with E-state index in [0.29, 0.717) is 18.1 Å². The van der Waals surface area contributed by atoms with Gasteiger partial charge in [0.2, 0.25) is 0 Å². The summed E-state index contributed by atoms with van der Waals surface area (Å²) in [6.45, 7) is 7.92. The molecule has 1 aromatic carbocycles. The Kier molecular flexibility index (Phi) is 7.75. The summed E-state index contributed by atoms with van der Waals surface area (Å²) in [6.07, 6.45) is 0.496. The number of aliphatic carboxylic acids is 1. The minimum atomic E-state index is -0.917. The van der Waals surface area contributed by atoms with Crippen LogP contribution < -0.4 is 10.1 Å². The number of halogens is 1. The largest absolute Gasteiger partial charge is 0.479 e. The summed E-state index contributed by atoms with van der Waals surface area (Å²) in [5, 5.41) is 12.5. The molecule has 0 fully saturated rings. The minimum Gasteiger partial charge on any atom is -0.479 e. The van der Waals surface area contributed by atoms with E-state index in [2.05, 4.69) is 35.1 Å². The fourth-order valence-electron chi connectivity index (χ4n) is 1.91. The molecule has 0 spiro atoms. The number of carboxylic acids is 1. The SMILES string of the molecule is CCCC(Oc1ccc(Br)c(CNCC(C)C)c1)C(=O)O. The average molecular weight is 358 g/mol. The fourth-order valence-corrected chi connectivity index (χ4v) is 2.30. The maximum atomic E-state index is 11.1. The number of carboxylic acid groups (broad SMARTS) is 1. The van der Waals surface area contributed by atoms with Gasteiger partial charge in [0.15, 0.2) is 6.10 Å². The Hall–Kier alpha value is -1.07. The molecule has 118 valence electrons. The van der Waals surface area contributed by atoms with Gasteiger partial charge < -0.3 is 15.2 Å². The summed E-state index contributed by atoms with van der Waals surface area (Å²) < 4.78 is 6.59. The number of benzene rings is 1. The van der Waals surface area contributed by atoms with Crippen molar-refractivity contribution in [2.24, 2.45) is 5.92 Å². The van der Waals surface area contributed by atoms with Crippen molar-refractivity contribution in [3.05, 3.63) is 28.2 Å². The zero-order valence-corrected chi connectivity index (χ0v) is 14.4. The first-order valence-corrected chi connectivity index (χ1v) is 8.12. The molecule has 1 atom stereocenters. The zero-order valence-electron chi connectivity index (χ0n) is 12.9. The van der Waals surface area contributed by atoms with Gasteiger partial charge >= 0.3 is 5.97 Å². The normalized spacial score (nSPS) is 12.4. The highest BCUT2D eigenvalue weighted by Crippen LogP contribution is 2.24. The van der Waals surface area contributed by atoms with Gasteiger partial charge in [-0.25, -0.2) is 4.79 Å². The van der Waals surface area contributed by atoms with Crippen molar-refractivity contribution >= 4 is 21.9 Å². The summed E-state index contributed by atoms with van der Waals surface area (Å²) in [4.78, 5) is 11.1. The Morgan fingerprint density at radius 2 is 2.14 bits per heavy atom. The topological polar surface area (TPSA) is 58.6 Å². The van der Waals surface area contributed by atoms with Crippen LogP contribution >= 0.6 is 15.9 Å². The molecule has 0 aliphatic rings.